The highest BCUT2D eigenvalue weighted by molar-refractivity contribution is 6.08. The molecule has 5 nitrogen and oxygen atoms in total. The third-order valence-electron chi connectivity index (χ3n) is 3.58. The Kier molecular flexibility index (Phi) is 5.52. The largest absolute Gasteiger partial charge is 0.490 e. The summed E-state index contributed by atoms with van der Waals surface area (Å²) >= 11 is 0. The van der Waals surface area contributed by atoms with Crippen molar-refractivity contribution in [3.63, 3.8) is 0 Å². The van der Waals surface area contributed by atoms with Crippen molar-refractivity contribution < 1.29 is 18.7 Å². The molecule has 0 aliphatic heterocycles. The van der Waals surface area contributed by atoms with E-state index in [2.05, 4.69) is 0 Å². The second kappa shape index (κ2) is 7.59. The van der Waals surface area contributed by atoms with Crippen LogP contribution in [0.4, 0.5) is 4.39 Å². The highest BCUT2D eigenvalue weighted by atomic mass is 19.1. The molecule has 0 aromatic heterocycles. The lowest BCUT2D eigenvalue weighted by Crippen LogP contribution is -2.18. The molecule has 0 fully saturated rings. The molecular formula is C18H19FN2O3. The van der Waals surface area contributed by atoms with Crippen LogP contribution in [0, 0.1) is 5.82 Å². The molecule has 0 bridgehead atoms. The van der Waals surface area contributed by atoms with Crippen LogP contribution in [-0.4, -0.2) is 18.4 Å². The number of hydrogen-bond acceptors (Lipinski definition) is 3. The molecule has 2 rings (SSSR count). The summed E-state index contributed by atoms with van der Waals surface area (Å²) in [6.45, 7) is 2.37. The minimum Gasteiger partial charge on any atom is -0.490 e. The highest BCUT2D eigenvalue weighted by Gasteiger charge is 2.21. The van der Waals surface area contributed by atoms with Gasteiger partial charge in [0.2, 0.25) is 11.8 Å². The molecule has 0 unspecified atom stereocenters. The number of carbonyl (C=O) groups is 2. The lowest BCUT2D eigenvalue weighted by Gasteiger charge is -2.14. The van der Waals surface area contributed by atoms with Gasteiger partial charge < -0.3 is 16.2 Å². The number of rotatable bonds is 7. The van der Waals surface area contributed by atoms with Gasteiger partial charge in [-0.1, -0.05) is 31.5 Å². The van der Waals surface area contributed by atoms with Crippen molar-refractivity contribution in [2.75, 3.05) is 6.61 Å². The van der Waals surface area contributed by atoms with Gasteiger partial charge in [0, 0.05) is 22.3 Å². The van der Waals surface area contributed by atoms with Gasteiger partial charge in [-0.2, -0.15) is 0 Å². The van der Waals surface area contributed by atoms with E-state index in [1.807, 2.05) is 6.92 Å². The van der Waals surface area contributed by atoms with Crippen LogP contribution in [0.1, 0.15) is 40.5 Å². The Labute approximate surface area is 139 Å². The average Bonchev–Trinajstić information content (AvgIpc) is 2.56. The minimum absolute atomic E-state index is 0.0240. The second-order valence-corrected chi connectivity index (χ2v) is 5.28. The summed E-state index contributed by atoms with van der Waals surface area (Å²) in [6, 6.07) is 8.86. The van der Waals surface area contributed by atoms with Gasteiger partial charge in [0.25, 0.3) is 0 Å². The van der Waals surface area contributed by atoms with Crippen molar-refractivity contribution >= 4 is 11.8 Å². The fraction of sp³-hybridized carbons (Fsp3) is 0.222. The number of unbranched alkanes of at least 4 members (excludes halogenated alkanes) is 1. The Morgan fingerprint density at radius 3 is 2.17 bits per heavy atom. The van der Waals surface area contributed by atoms with Crippen LogP contribution < -0.4 is 16.2 Å². The van der Waals surface area contributed by atoms with E-state index < -0.39 is 17.6 Å². The summed E-state index contributed by atoms with van der Waals surface area (Å²) in [4.78, 5) is 23.4. The second-order valence-electron chi connectivity index (χ2n) is 5.28. The lowest BCUT2D eigenvalue weighted by atomic mass is 9.93. The SMILES string of the molecule is CCCCOc1cccc(-c2c(C(N)=O)cccc2C(N)=O)c1F. The Morgan fingerprint density at radius 1 is 1.04 bits per heavy atom. The van der Waals surface area contributed by atoms with Crippen molar-refractivity contribution in [1.82, 2.24) is 0 Å². The quantitative estimate of drug-likeness (QED) is 0.764. The molecule has 0 heterocycles. The zero-order valence-electron chi connectivity index (χ0n) is 13.3. The predicted octanol–water partition coefficient (Wildman–Crippen LogP) is 2.87. The number of benzene rings is 2. The molecule has 0 atom stereocenters. The Hall–Kier alpha value is -2.89. The van der Waals surface area contributed by atoms with Crippen LogP contribution in [0.3, 0.4) is 0 Å². The maximum atomic E-state index is 14.8. The lowest BCUT2D eigenvalue weighted by molar-refractivity contribution is 0.0999. The third-order valence-corrected chi connectivity index (χ3v) is 3.58. The van der Waals surface area contributed by atoms with E-state index in [-0.39, 0.29) is 28.0 Å². The molecule has 0 spiro atoms. The van der Waals surface area contributed by atoms with Gasteiger partial charge in [0.15, 0.2) is 11.6 Å². The molecule has 126 valence electrons. The number of halogens is 1. The number of nitrogens with two attached hydrogens (primary N) is 2. The van der Waals surface area contributed by atoms with E-state index in [0.717, 1.165) is 12.8 Å². The fourth-order valence-electron chi connectivity index (χ4n) is 2.39. The van der Waals surface area contributed by atoms with Crippen molar-refractivity contribution in [1.29, 1.82) is 0 Å². The van der Waals surface area contributed by atoms with E-state index in [0.29, 0.717) is 6.61 Å². The maximum absolute atomic E-state index is 14.8. The maximum Gasteiger partial charge on any atom is 0.249 e. The van der Waals surface area contributed by atoms with Gasteiger partial charge in [0.1, 0.15) is 0 Å². The molecule has 0 saturated carbocycles. The van der Waals surface area contributed by atoms with Crippen molar-refractivity contribution in [2.45, 2.75) is 19.8 Å². The molecule has 6 heteroatoms. The van der Waals surface area contributed by atoms with Gasteiger partial charge in [-0.05, 0) is 24.6 Å². The zero-order chi connectivity index (χ0) is 17.7. The molecular weight excluding hydrogens is 311 g/mol. The van der Waals surface area contributed by atoms with E-state index in [1.165, 1.54) is 30.3 Å². The monoisotopic (exact) mass is 330 g/mol. The zero-order valence-corrected chi connectivity index (χ0v) is 13.3. The first kappa shape index (κ1) is 17.5. The number of primary amides is 2. The summed E-state index contributed by atoms with van der Waals surface area (Å²) in [5.41, 5.74) is 10.9. The number of amides is 2. The van der Waals surface area contributed by atoms with Crippen LogP contribution in [0.5, 0.6) is 5.75 Å². The molecule has 0 aliphatic carbocycles. The Morgan fingerprint density at radius 2 is 1.62 bits per heavy atom. The minimum atomic E-state index is -0.773. The third kappa shape index (κ3) is 3.53. The van der Waals surface area contributed by atoms with Crippen LogP contribution >= 0.6 is 0 Å². The van der Waals surface area contributed by atoms with Crippen LogP contribution in [0.15, 0.2) is 36.4 Å². The Balaban J connectivity index is 2.61. The van der Waals surface area contributed by atoms with Crippen LogP contribution in [0.25, 0.3) is 11.1 Å². The number of hydrogen-bond donors (Lipinski definition) is 2. The molecule has 24 heavy (non-hydrogen) atoms. The van der Waals surface area contributed by atoms with Crippen LogP contribution in [0.2, 0.25) is 0 Å². The molecule has 2 aromatic rings. The van der Waals surface area contributed by atoms with E-state index in [4.69, 9.17) is 16.2 Å². The number of carbonyl (C=O) groups excluding carboxylic acids is 2. The molecule has 2 amide bonds. The molecule has 4 N–H and O–H groups in total. The van der Waals surface area contributed by atoms with E-state index in [1.54, 1.807) is 6.07 Å². The summed E-state index contributed by atoms with van der Waals surface area (Å²) in [6.07, 6.45) is 1.70. The van der Waals surface area contributed by atoms with Gasteiger partial charge in [0.05, 0.1) is 6.61 Å². The molecule has 0 aliphatic rings. The van der Waals surface area contributed by atoms with Crippen molar-refractivity contribution in [3.05, 3.63) is 53.3 Å². The summed E-state index contributed by atoms with van der Waals surface area (Å²) in [7, 11) is 0. The average molecular weight is 330 g/mol. The van der Waals surface area contributed by atoms with Gasteiger partial charge in [-0.3, -0.25) is 9.59 Å². The van der Waals surface area contributed by atoms with Crippen molar-refractivity contribution in [2.24, 2.45) is 11.5 Å². The first-order chi connectivity index (χ1) is 11.5. The van der Waals surface area contributed by atoms with Gasteiger partial charge in [-0.15, -0.1) is 0 Å². The topological polar surface area (TPSA) is 95.4 Å². The van der Waals surface area contributed by atoms with Gasteiger partial charge >= 0.3 is 0 Å². The first-order valence-corrected chi connectivity index (χ1v) is 7.61. The smallest absolute Gasteiger partial charge is 0.249 e. The molecule has 0 radical (unpaired) electrons. The standard InChI is InChI=1S/C18H19FN2O3/c1-2-3-10-24-14-9-5-6-11(16(14)19)15-12(17(20)22)7-4-8-13(15)18(21)23/h4-9H,2-3,10H2,1H3,(H2,20,22)(H2,21,23). The summed E-state index contributed by atoms with van der Waals surface area (Å²) < 4.78 is 20.3. The Bertz CT molecular complexity index is 743. The number of ether oxygens (including phenoxy) is 1. The summed E-state index contributed by atoms with van der Waals surface area (Å²) in [5.74, 6) is -2.16. The molecule has 2 aromatic carbocycles. The normalized spacial score (nSPS) is 10.4. The van der Waals surface area contributed by atoms with Crippen molar-refractivity contribution in [3.8, 4) is 16.9 Å². The fourth-order valence-corrected chi connectivity index (χ4v) is 2.39. The van der Waals surface area contributed by atoms with Crippen LogP contribution in [-0.2, 0) is 0 Å². The first-order valence-electron chi connectivity index (χ1n) is 7.61. The summed E-state index contributed by atoms with van der Waals surface area (Å²) in [5, 5.41) is 0. The predicted molar refractivity (Wildman–Crippen MR) is 89.3 cm³/mol. The van der Waals surface area contributed by atoms with Gasteiger partial charge in [-0.25, -0.2) is 4.39 Å². The highest BCUT2D eigenvalue weighted by Crippen LogP contribution is 2.34. The van der Waals surface area contributed by atoms with E-state index >= 15 is 0 Å². The molecule has 0 saturated heterocycles. The van der Waals surface area contributed by atoms with E-state index in [9.17, 15) is 14.0 Å².